The highest BCUT2D eigenvalue weighted by molar-refractivity contribution is 7.89. The van der Waals surface area contributed by atoms with Crippen LogP contribution in [0.25, 0.3) is 10.1 Å². The molecule has 29 heavy (non-hydrogen) atoms. The summed E-state index contributed by atoms with van der Waals surface area (Å²) in [5, 5.41) is 4.09. The second-order valence-corrected chi connectivity index (χ2v) is 10.4. The predicted molar refractivity (Wildman–Crippen MR) is 118 cm³/mol. The molecular weight excluding hydrogens is 428 g/mol. The van der Waals surface area contributed by atoms with Gasteiger partial charge in [0.2, 0.25) is 10.0 Å². The number of nitrogens with one attached hydrogen (secondary N) is 1. The molecular formula is C21H21ClN2O3S2. The lowest BCUT2D eigenvalue weighted by molar-refractivity contribution is 0.103. The van der Waals surface area contributed by atoms with Crippen LogP contribution in [0.2, 0.25) is 5.02 Å². The molecule has 1 fully saturated rings. The first-order valence-corrected chi connectivity index (χ1v) is 12.2. The van der Waals surface area contributed by atoms with Crippen LogP contribution in [0.3, 0.4) is 0 Å². The molecule has 0 unspecified atom stereocenters. The third-order valence-electron chi connectivity index (χ3n) is 5.06. The van der Waals surface area contributed by atoms with Crippen LogP contribution in [-0.4, -0.2) is 31.7 Å². The highest BCUT2D eigenvalue weighted by atomic mass is 35.5. The Morgan fingerprint density at radius 1 is 0.966 bits per heavy atom. The molecule has 8 heteroatoms. The number of rotatable bonds is 4. The molecule has 0 atom stereocenters. The Morgan fingerprint density at radius 3 is 2.28 bits per heavy atom. The van der Waals surface area contributed by atoms with Crippen molar-refractivity contribution in [2.24, 2.45) is 0 Å². The van der Waals surface area contributed by atoms with Crippen LogP contribution in [0.5, 0.6) is 0 Å². The van der Waals surface area contributed by atoms with Crippen LogP contribution in [-0.2, 0) is 10.0 Å². The van der Waals surface area contributed by atoms with Gasteiger partial charge >= 0.3 is 0 Å². The minimum atomic E-state index is -3.51. The highest BCUT2D eigenvalue weighted by Crippen LogP contribution is 2.35. The minimum Gasteiger partial charge on any atom is -0.321 e. The maximum atomic E-state index is 12.9. The zero-order chi connectivity index (χ0) is 20.4. The van der Waals surface area contributed by atoms with Crippen molar-refractivity contribution in [3.63, 3.8) is 0 Å². The number of amides is 1. The van der Waals surface area contributed by atoms with E-state index in [1.807, 2.05) is 24.3 Å². The lowest BCUT2D eigenvalue weighted by atomic mass is 10.2. The van der Waals surface area contributed by atoms with Crippen molar-refractivity contribution in [3.8, 4) is 0 Å². The minimum absolute atomic E-state index is 0.247. The Morgan fingerprint density at radius 2 is 1.62 bits per heavy atom. The molecule has 5 nitrogen and oxygen atoms in total. The van der Waals surface area contributed by atoms with Gasteiger partial charge in [-0.05, 0) is 43.2 Å². The molecule has 1 amide bonds. The van der Waals surface area contributed by atoms with Gasteiger partial charge in [-0.15, -0.1) is 11.3 Å². The van der Waals surface area contributed by atoms with Crippen LogP contribution in [0.4, 0.5) is 5.69 Å². The van der Waals surface area contributed by atoms with Gasteiger partial charge in [-0.1, -0.05) is 42.6 Å². The van der Waals surface area contributed by atoms with Gasteiger partial charge in [-0.3, -0.25) is 4.79 Å². The van der Waals surface area contributed by atoms with Crippen molar-refractivity contribution < 1.29 is 13.2 Å². The van der Waals surface area contributed by atoms with E-state index in [0.29, 0.717) is 28.7 Å². The summed E-state index contributed by atoms with van der Waals surface area (Å²) in [5.74, 6) is -0.306. The molecule has 0 aliphatic carbocycles. The van der Waals surface area contributed by atoms with Gasteiger partial charge in [0.25, 0.3) is 5.91 Å². The Bertz CT molecular complexity index is 1130. The largest absolute Gasteiger partial charge is 0.321 e. The van der Waals surface area contributed by atoms with Crippen molar-refractivity contribution in [2.75, 3.05) is 18.4 Å². The topological polar surface area (TPSA) is 66.5 Å². The smallest absolute Gasteiger partial charge is 0.267 e. The molecule has 1 N–H and O–H groups in total. The normalized spacial score (nSPS) is 15.9. The lowest BCUT2D eigenvalue weighted by Gasteiger charge is -2.20. The molecule has 1 aliphatic heterocycles. The molecule has 2 heterocycles. The third-order valence-corrected chi connectivity index (χ3v) is 8.64. The van der Waals surface area contributed by atoms with Crippen molar-refractivity contribution in [3.05, 3.63) is 58.4 Å². The average molecular weight is 449 g/mol. The number of nitrogens with zero attached hydrogens (tertiary/aromatic N) is 1. The summed E-state index contributed by atoms with van der Waals surface area (Å²) in [6, 6.07) is 13.9. The fourth-order valence-corrected chi connectivity index (χ4v) is 6.42. The number of halogens is 1. The second-order valence-electron chi connectivity index (χ2n) is 7.04. The molecule has 0 saturated carbocycles. The summed E-state index contributed by atoms with van der Waals surface area (Å²) in [6.45, 7) is 1.12. The van der Waals surface area contributed by atoms with Crippen molar-refractivity contribution in [2.45, 2.75) is 30.6 Å². The Labute approximate surface area is 179 Å². The number of hydrogen-bond donors (Lipinski definition) is 1. The molecule has 1 aromatic heterocycles. The van der Waals surface area contributed by atoms with E-state index in [-0.39, 0.29) is 10.8 Å². The molecule has 0 spiro atoms. The van der Waals surface area contributed by atoms with Gasteiger partial charge in [-0.25, -0.2) is 8.42 Å². The van der Waals surface area contributed by atoms with Crippen LogP contribution in [0.15, 0.2) is 53.4 Å². The fraction of sp³-hybridized carbons (Fsp3) is 0.286. The lowest BCUT2D eigenvalue weighted by Crippen LogP contribution is -2.31. The van der Waals surface area contributed by atoms with E-state index < -0.39 is 10.0 Å². The second kappa shape index (κ2) is 8.44. The summed E-state index contributed by atoms with van der Waals surface area (Å²) in [4.78, 5) is 13.3. The summed E-state index contributed by atoms with van der Waals surface area (Å²) >= 11 is 7.70. The number of benzene rings is 2. The SMILES string of the molecule is O=C(Nc1ccc(S(=O)(=O)N2CCCCCC2)cc1)c1sc2ccccc2c1Cl. The van der Waals surface area contributed by atoms with E-state index in [4.69, 9.17) is 11.6 Å². The van der Waals surface area contributed by atoms with E-state index in [1.54, 1.807) is 28.6 Å². The number of carbonyl (C=O) groups is 1. The molecule has 0 radical (unpaired) electrons. The number of fused-ring (bicyclic) bond motifs is 1. The van der Waals surface area contributed by atoms with Gasteiger partial charge < -0.3 is 5.32 Å². The van der Waals surface area contributed by atoms with Crippen LogP contribution < -0.4 is 5.32 Å². The first-order valence-electron chi connectivity index (χ1n) is 9.55. The van der Waals surface area contributed by atoms with E-state index >= 15 is 0 Å². The van der Waals surface area contributed by atoms with Gasteiger partial charge in [0.05, 0.1) is 9.92 Å². The van der Waals surface area contributed by atoms with Crippen LogP contribution in [0, 0.1) is 0 Å². The zero-order valence-electron chi connectivity index (χ0n) is 15.7. The molecule has 4 rings (SSSR count). The number of carbonyl (C=O) groups excluding carboxylic acids is 1. The standard InChI is InChI=1S/C21H21ClN2O3S2/c22-19-17-7-3-4-8-18(17)28-20(19)21(25)23-15-9-11-16(12-10-15)29(26,27)24-13-5-1-2-6-14-24/h3-4,7-12H,1-2,5-6,13-14H2,(H,23,25). The molecule has 1 aliphatic rings. The predicted octanol–water partition coefficient (Wildman–Crippen LogP) is 5.37. The third kappa shape index (κ3) is 4.19. The molecule has 0 bridgehead atoms. The van der Waals surface area contributed by atoms with Crippen LogP contribution in [0.1, 0.15) is 35.4 Å². The fourth-order valence-electron chi connectivity index (χ4n) is 3.49. The van der Waals surface area contributed by atoms with E-state index in [9.17, 15) is 13.2 Å². The summed E-state index contributed by atoms with van der Waals surface area (Å²) in [6.07, 6.45) is 3.92. The maximum Gasteiger partial charge on any atom is 0.267 e. The van der Waals surface area contributed by atoms with E-state index in [1.165, 1.54) is 11.3 Å². The van der Waals surface area contributed by atoms with E-state index in [2.05, 4.69) is 5.32 Å². The Balaban J connectivity index is 1.51. The molecule has 2 aromatic carbocycles. The Kier molecular flexibility index (Phi) is 5.92. The number of thiophene rings is 1. The van der Waals surface area contributed by atoms with Gasteiger partial charge in [0.1, 0.15) is 4.88 Å². The summed E-state index contributed by atoms with van der Waals surface area (Å²) in [5.41, 5.74) is 0.526. The molecule has 152 valence electrons. The average Bonchev–Trinajstić information content (AvgIpc) is 2.89. The summed E-state index contributed by atoms with van der Waals surface area (Å²) in [7, 11) is -3.51. The van der Waals surface area contributed by atoms with Gasteiger partial charge in [-0.2, -0.15) is 4.31 Å². The Hall–Kier alpha value is -1.93. The molecule has 3 aromatic rings. The van der Waals surface area contributed by atoms with Crippen molar-refractivity contribution >= 4 is 54.6 Å². The monoisotopic (exact) mass is 448 g/mol. The number of hydrogen-bond acceptors (Lipinski definition) is 4. The van der Waals surface area contributed by atoms with E-state index in [0.717, 1.165) is 35.8 Å². The first-order chi connectivity index (χ1) is 14.0. The van der Waals surface area contributed by atoms with Crippen molar-refractivity contribution in [1.29, 1.82) is 0 Å². The summed E-state index contributed by atoms with van der Waals surface area (Å²) < 4.78 is 28.2. The first kappa shape index (κ1) is 20.3. The van der Waals surface area contributed by atoms with Crippen molar-refractivity contribution in [1.82, 2.24) is 4.31 Å². The maximum absolute atomic E-state index is 12.9. The quantitative estimate of drug-likeness (QED) is 0.583. The highest BCUT2D eigenvalue weighted by Gasteiger charge is 2.25. The molecule has 1 saturated heterocycles. The van der Waals surface area contributed by atoms with Gasteiger partial charge in [0.15, 0.2) is 0 Å². The zero-order valence-corrected chi connectivity index (χ0v) is 18.1. The number of sulfonamides is 1. The van der Waals surface area contributed by atoms with Crippen LogP contribution >= 0.6 is 22.9 Å². The van der Waals surface area contributed by atoms with Gasteiger partial charge in [0, 0.05) is 28.9 Å². The number of anilines is 1.